The highest BCUT2D eigenvalue weighted by Crippen LogP contribution is 2.14. The Morgan fingerprint density at radius 1 is 1.26 bits per heavy atom. The number of nitrogens with zero attached hydrogens (tertiary/aromatic N) is 2. The molecule has 1 saturated heterocycles. The molecule has 1 aromatic rings. The molecule has 2 rings (SSSR count). The average molecular weight is 397 g/mol. The van der Waals surface area contributed by atoms with Gasteiger partial charge in [-0.05, 0) is 45.7 Å². The predicted molar refractivity (Wildman–Crippen MR) is 110 cm³/mol. The minimum Gasteiger partial charge on any atom is -0.489 e. The molecule has 0 saturated carbocycles. The normalized spacial score (nSPS) is 18.1. The second kappa shape index (κ2) is 10.5. The molecule has 27 heavy (non-hydrogen) atoms. The lowest BCUT2D eigenvalue weighted by Gasteiger charge is -2.32. The van der Waals surface area contributed by atoms with E-state index in [-0.39, 0.29) is 17.9 Å². The number of hydrogen-bond donors (Lipinski definition) is 2. The van der Waals surface area contributed by atoms with Crippen LogP contribution in [-0.2, 0) is 10.0 Å². The van der Waals surface area contributed by atoms with E-state index in [0.29, 0.717) is 19.6 Å². The highest BCUT2D eigenvalue weighted by Gasteiger charge is 2.27. The van der Waals surface area contributed by atoms with E-state index in [1.807, 2.05) is 44.2 Å². The van der Waals surface area contributed by atoms with Crippen LogP contribution < -0.4 is 15.4 Å². The molecule has 0 aromatic heterocycles. The average Bonchev–Trinajstić information content (AvgIpc) is 2.67. The first-order valence-corrected chi connectivity index (χ1v) is 11.3. The second-order valence-electron chi connectivity index (χ2n) is 6.68. The Labute approximate surface area is 163 Å². The number of rotatable bonds is 8. The fourth-order valence-electron chi connectivity index (χ4n) is 2.96. The Hall–Kier alpha value is -1.80. The zero-order valence-corrected chi connectivity index (χ0v) is 17.3. The molecule has 1 aliphatic heterocycles. The summed E-state index contributed by atoms with van der Waals surface area (Å²) in [5.41, 5.74) is 0. The van der Waals surface area contributed by atoms with Gasteiger partial charge in [-0.15, -0.1) is 0 Å². The lowest BCUT2D eigenvalue weighted by Crippen LogP contribution is -2.50. The van der Waals surface area contributed by atoms with Crippen LogP contribution in [0.25, 0.3) is 0 Å². The maximum atomic E-state index is 12.0. The summed E-state index contributed by atoms with van der Waals surface area (Å²) in [6.07, 6.45) is 1.51. The number of benzene rings is 1. The molecule has 1 aliphatic rings. The Morgan fingerprint density at radius 2 is 1.93 bits per heavy atom. The van der Waals surface area contributed by atoms with Crippen LogP contribution in [0, 0.1) is 0 Å². The monoisotopic (exact) mass is 396 g/mol. The van der Waals surface area contributed by atoms with E-state index in [4.69, 9.17) is 4.74 Å². The van der Waals surface area contributed by atoms with Gasteiger partial charge in [0.1, 0.15) is 11.9 Å². The van der Waals surface area contributed by atoms with Crippen LogP contribution in [-0.4, -0.2) is 62.8 Å². The molecular formula is C19H32N4O3S. The fraction of sp³-hybridized carbons (Fsp3) is 0.632. The Kier molecular flexibility index (Phi) is 8.37. The number of sulfonamides is 1. The number of hydrogen-bond acceptors (Lipinski definition) is 4. The lowest BCUT2D eigenvalue weighted by molar-refractivity contribution is 0.230. The summed E-state index contributed by atoms with van der Waals surface area (Å²) in [4.78, 5) is 4.63. The molecule has 0 spiro atoms. The first kappa shape index (κ1) is 21.5. The molecule has 0 aliphatic carbocycles. The van der Waals surface area contributed by atoms with Crippen molar-refractivity contribution >= 4 is 16.0 Å². The minimum absolute atomic E-state index is 0.0422. The zero-order chi connectivity index (χ0) is 19.7. The van der Waals surface area contributed by atoms with Crippen LogP contribution in [0.4, 0.5) is 0 Å². The van der Waals surface area contributed by atoms with Crippen LogP contribution in [0.15, 0.2) is 35.3 Å². The molecule has 152 valence electrons. The van der Waals surface area contributed by atoms with E-state index < -0.39 is 10.0 Å². The van der Waals surface area contributed by atoms with Crippen LogP contribution in [0.1, 0.15) is 33.6 Å². The number of nitrogens with one attached hydrogen (secondary N) is 2. The first-order chi connectivity index (χ1) is 12.9. The van der Waals surface area contributed by atoms with Gasteiger partial charge in [0.2, 0.25) is 10.0 Å². The topological polar surface area (TPSA) is 83.0 Å². The van der Waals surface area contributed by atoms with Crippen molar-refractivity contribution in [1.29, 1.82) is 0 Å². The summed E-state index contributed by atoms with van der Waals surface area (Å²) in [5, 5.41) is 6.68. The molecule has 7 nitrogen and oxygen atoms in total. The van der Waals surface area contributed by atoms with Crippen molar-refractivity contribution in [3.8, 4) is 5.75 Å². The summed E-state index contributed by atoms with van der Waals surface area (Å²) in [5.74, 6) is 1.74. The van der Waals surface area contributed by atoms with E-state index in [1.54, 1.807) is 11.2 Å². The maximum Gasteiger partial charge on any atom is 0.213 e. The number of para-hydroxylation sites is 1. The van der Waals surface area contributed by atoms with E-state index >= 15 is 0 Å². The maximum absolute atomic E-state index is 12.0. The van der Waals surface area contributed by atoms with Gasteiger partial charge in [0, 0.05) is 25.7 Å². The number of piperidine rings is 1. The largest absolute Gasteiger partial charge is 0.489 e. The molecule has 1 aromatic carbocycles. The van der Waals surface area contributed by atoms with Gasteiger partial charge in [-0.1, -0.05) is 18.2 Å². The number of ether oxygens (including phenoxy) is 1. The van der Waals surface area contributed by atoms with E-state index in [1.165, 1.54) is 0 Å². The molecule has 2 N–H and O–H groups in total. The predicted octanol–water partition coefficient (Wildman–Crippen LogP) is 1.82. The van der Waals surface area contributed by atoms with Crippen molar-refractivity contribution in [1.82, 2.24) is 14.9 Å². The summed E-state index contributed by atoms with van der Waals surface area (Å²) < 4.78 is 31.4. The molecule has 0 amide bonds. The molecule has 0 radical (unpaired) electrons. The summed E-state index contributed by atoms with van der Waals surface area (Å²) in [7, 11) is -3.09. The van der Waals surface area contributed by atoms with Gasteiger partial charge in [-0.25, -0.2) is 17.7 Å². The van der Waals surface area contributed by atoms with Gasteiger partial charge < -0.3 is 15.4 Å². The van der Waals surface area contributed by atoms with E-state index in [2.05, 4.69) is 15.6 Å². The van der Waals surface area contributed by atoms with Crippen molar-refractivity contribution in [2.75, 3.05) is 31.9 Å². The molecule has 1 heterocycles. The Bertz CT molecular complexity index is 686. The third kappa shape index (κ3) is 7.03. The van der Waals surface area contributed by atoms with Crippen LogP contribution in [0.2, 0.25) is 0 Å². The van der Waals surface area contributed by atoms with Crippen molar-refractivity contribution in [2.24, 2.45) is 4.99 Å². The SMILES string of the molecule is CCNC(=NCC(C)Oc1ccccc1)NC1CCN(S(=O)(=O)CC)CC1. The quantitative estimate of drug-likeness (QED) is 0.517. The summed E-state index contributed by atoms with van der Waals surface area (Å²) >= 11 is 0. The molecule has 8 heteroatoms. The van der Waals surface area contributed by atoms with Gasteiger partial charge in [-0.3, -0.25) is 0 Å². The zero-order valence-electron chi connectivity index (χ0n) is 16.5. The highest BCUT2D eigenvalue weighted by molar-refractivity contribution is 7.89. The Morgan fingerprint density at radius 3 is 2.52 bits per heavy atom. The van der Waals surface area contributed by atoms with E-state index in [9.17, 15) is 8.42 Å². The Balaban J connectivity index is 1.85. The van der Waals surface area contributed by atoms with Gasteiger partial charge in [0.15, 0.2) is 5.96 Å². The first-order valence-electron chi connectivity index (χ1n) is 9.69. The van der Waals surface area contributed by atoms with Gasteiger partial charge in [-0.2, -0.15) is 0 Å². The minimum atomic E-state index is -3.09. The van der Waals surface area contributed by atoms with E-state index in [0.717, 1.165) is 31.1 Å². The molecular weight excluding hydrogens is 364 g/mol. The molecule has 1 fully saturated rings. The summed E-state index contributed by atoms with van der Waals surface area (Å²) in [6.45, 7) is 8.12. The van der Waals surface area contributed by atoms with Crippen molar-refractivity contribution in [2.45, 2.75) is 45.8 Å². The standard InChI is InChI=1S/C19H32N4O3S/c1-4-20-19(21-15-16(3)26-18-9-7-6-8-10-18)22-17-11-13-23(14-12-17)27(24,25)5-2/h6-10,16-17H,4-5,11-15H2,1-3H3,(H2,20,21,22). The second-order valence-corrected chi connectivity index (χ2v) is 8.94. The third-order valence-electron chi connectivity index (χ3n) is 4.48. The van der Waals surface area contributed by atoms with Crippen molar-refractivity contribution < 1.29 is 13.2 Å². The molecule has 1 atom stereocenters. The van der Waals surface area contributed by atoms with Gasteiger partial charge >= 0.3 is 0 Å². The fourth-order valence-corrected chi connectivity index (χ4v) is 4.10. The smallest absolute Gasteiger partial charge is 0.213 e. The molecule has 0 bridgehead atoms. The summed E-state index contributed by atoms with van der Waals surface area (Å²) in [6, 6.07) is 9.93. The molecule has 1 unspecified atom stereocenters. The van der Waals surface area contributed by atoms with Crippen molar-refractivity contribution in [3.63, 3.8) is 0 Å². The van der Waals surface area contributed by atoms with Crippen LogP contribution in [0.5, 0.6) is 5.75 Å². The number of guanidine groups is 1. The lowest BCUT2D eigenvalue weighted by atomic mass is 10.1. The highest BCUT2D eigenvalue weighted by atomic mass is 32.2. The third-order valence-corrected chi connectivity index (χ3v) is 6.37. The van der Waals surface area contributed by atoms with Gasteiger partial charge in [0.25, 0.3) is 0 Å². The van der Waals surface area contributed by atoms with Gasteiger partial charge in [0.05, 0.1) is 12.3 Å². The van der Waals surface area contributed by atoms with Crippen LogP contribution in [0.3, 0.4) is 0 Å². The van der Waals surface area contributed by atoms with Crippen molar-refractivity contribution in [3.05, 3.63) is 30.3 Å². The van der Waals surface area contributed by atoms with Crippen LogP contribution >= 0.6 is 0 Å². The number of aliphatic imine (C=N–C) groups is 1.